The summed E-state index contributed by atoms with van der Waals surface area (Å²) in [4.78, 5) is 32.6. The minimum absolute atomic E-state index is 0.120. The van der Waals surface area contributed by atoms with E-state index in [-0.39, 0.29) is 30.7 Å². The maximum atomic E-state index is 11.3. The van der Waals surface area contributed by atoms with Crippen LogP contribution in [0.25, 0.3) is 0 Å². The molecule has 0 aliphatic rings. The Balaban J connectivity index is 3.73. The van der Waals surface area contributed by atoms with Gasteiger partial charge in [0.05, 0.1) is 13.5 Å². The summed E-state index contributed by atoms with van der Waals surface area (Å²) in [6.45, 7) is 3.10. The highest BCUT2D eigenvalue weighted by atomic mass is 16.5. The molecule has 0 radical (unpaired) electrons. The highest BCUT2D eigenvalue weighted by Crippen LogP contribution is 1.85. The molecule has 0 aromatic rings. The maximum Gasteiger partial charge on any atom is 0.307 e. The first-order valence-electron chi connectivity index (χ1n) is 4.59. The summed E-state index contributed by atoms with van der Waals surface area (Å²) in [5.74, 6) is -0.984. The molecule has 6 heteroatoms. The standard InChI is InChI=1S/C9H16N2O4/c1-6(11-7(2)12)9(14)10-5-4-8(13)15-3/h6H,4-5H2,1-3H3,(H,10,14)(H,11,12). The molecule has 0 bridgehead atoms. The minimum atomic E-state index is -0.597. The molecule has 0 aliphatic carbocycles. The zero-order valence-electron chi connectivity index (χ0n) is 9.12. The van der Waals surface area contributed by atoms with Crippen molar-refractivity contribution in [2.75, 3.05) is 13.7 Å². The molecule has 0 saturated carbocycles. The Morgan fingerprint density at radius 3 is 2.40 bits per heavy atom. The molecular weight excluding hydrogens is 200 g/mol. The van der Waals surface area contributed by atoms with Crippen molar-refractivity contribution in [3.8, 4) is 0 Å². The lowest BCUT2D eigenvalue weighted by Gasteiger charge is -2.12. The van der Waals surface area contributed by atoms with Crippen LogP contribution in [-0.4, -0.2) is 37.5 Å². The molecule has 1 unspecified atom stereocenters. The number of amides is 2. The second kappa shape index (κ2) is 6.80. The molecule has 15 heavy (non-hydrogen) atoms. The number of nitrogens with one attached hydrogen (secondary N) is 2. The third kappa shape index (κ3) is 6.48. The quantitative estimate of drug-likeness (QED) is 0.589. The van der Waals surface area contributed by atoms with Gasteiger partial charge in [0.1, 0.15) is 6.04 Å². The molecule has 0 rings (SSSR count). The van der Waals surface area contributed by atoms with Gasteiger partial charge in [-0.1, -0.05) is 0 Å². The van der Waals surface area contributed by atoms with Crippen LogP contribution in [0.2, 0.25) is 0 Å². The fraction of sp³-hybridized carbons (Fsp3) is 0.667. The molecule has 2 N–H and O–H groups in total. The summed E-state index contributed by atoms with van der Waals surface area (Å²) in [6.07, 6.45) is 0.120. The normalized spacial score (nSPS) is 11.4. The second-order valence-corrected chi connectivity index (χ2v) is 3.04. The van der Waals surface area contributed by atoms with Crippen molar-refractivity contribution in [2.45, 2.75) is 26.3 Å². The van der Waals surface area contributed by atoms with Gasteiger partial charge in [0.2, 0.25) is 11.8 Å². The van der Waals surface area contributed by atoms with Gasteiger partial charge in [-0.3, -0.25) is 14.4 Å². The number of esters is 1. The molecule has 0 saturated heterocycles. The van der Waals surface area contributed by atoms with Crippen LogP contribution in [0.5, 0.6) is 0 Å². The van der Waals surface area contributed by atoms with E-state index >= 15 is 0 Å². The van der Waals surface area contributed by atoms with E-state index in [9.17, 15) is 14.4 Å². The predicted molar refractivity (Wildman–Crippen MR) is 52.9 cm³/mol. The van der Waals surface area contributed by atoms with E-state index in [1.54, 1.807) is 6.92 Å². The first-order valence-corrected chi connectivity index (χ1v) is 4.59. The van der Waals surface area contributed by atoms with Gasteiger partial charge in [-0.15, -0.1) is 0 Å². The SMILES string of the molecule is COC(=O)CCNC(=O)C(C)NC(C)=O. The van der Waals surface area contributed by atoms with Gasteiger partial charge in [0, 0.05) is 13.5 Å². The van der Waals surface area contributed by atoms with Crippen LogP contribution in [0.1, 0.15) is 20.3 Å². The van der Waals surface area contributed by atoms with E-state index < -0.39 is 6.04 Å². The number of hydrogen-bond donors (Lipinski definition) is 2. The number of methoxy groups -OCH3 is 1. The summed E-state index contributed by atoms with van der Waals surface area (Å²) in [5, 5.41) is 4.93. The summed E-state index contributed by atoms with van der Waals surface area (Å²) in [7, 11) is 1.28. The molecular formula is C9H16N2O4. The first-order chi connectivity index (χ1) is 6.97. The number of ether oxygens (including phenoxy) is 1. The molecule has 0 heterocycles. The topological polar surface area (TPSA) is 84.5 Å². The van der Waals surface area contributed by atoms with Gasteiger partial charge >= 0.3 is 5.97 Å². The van der Waals surface area contributed by atoms with Crippen molar-refractivity contribution in [3.63, 3.8) is 0 Å². The third-order valence-electron chi connectivity index (χ3n) is 1.67. The van der Waals surface area contributed by atoms with Gasteiger partial charge in [0.25, 0.3) is 0 Å². The van der Waals surface area contributed by atoms with Gasteiger partial charge in [-0.2, -0.15) is 0 Å². The van der Waals surface area contributed by atoms with Gasteiger partial charge < -0.3 is 15.4 Å². The van der Waals surface area contributed by atoms with E-state index in [1.807, 2.05) is 0 Å². The summed E-state index contributed by atoms with van der Waals surface area (Å²) >= 11 is 0. The molecule has 6 nitrogen and oxygen atoms in total. The zero-order chi connectivity index (χ0) is 11.8. The van der Waals surface area contributed by atoms with Crippen molar-refractivity contribution in [1.82, 2.24) is 10.6 Å². The fourth-order valence-electron chi connectivity index (χ4n) is 0.913. The highest BCUT2D eigenvalue weighted by Gasteiger charge is 2.13. The van der Waals surface area contributed by atoms with Crippen molar-refractivity contribution in [1.29, 1.82) is 0 Å². The Morgan fingerprint density at radius 1 is 1.33 bits per heavy atom. The molecule has 0 aliphatic heterocycles. The van der Waals surface area contributed by atoms with E-state index in [0.717, 1.165) is 0 Å². The van der Waals surface area contributed by atoms with Crippen LogP contribution < -0.4 is 10.6 Å². The largest absolute Gasteiger partial charge is 0.469 e. The van der Waals surface area contributed by atoms with Gasteiger partial charge in [-0.05, 0) is 6.92 Å². The van der Waals surface area contributed by atoms with Crippen molar-refractivity contribution in [3.05, 3.63) is 0 Å². The van der Waals surface area contributed by atoms with Gasteiger partial charge in [0.15, 0.2) is 0 Å². The van der Waals surface area contributed by atoms with E-state index in [4.69, 9.17) is 0 Å². The van der Waals surface area contributed by atoms with E-state index in [1.165, 1.54) is 14.0 Å². The maximum absolute atomic E-state index is 11.3. The Hall–Kier alpha value is -1.59. The van der Waals surface area contributed by atoms with E-state index in [2.05, 4.69) is 15.4 Å². The van der Waals surface area contributed by atoms with Crippen molar-refractivity contribution in [2.24, 2.45) is 0 Å². The highest BCUT2D eigenvalue weighted by molar-refractivity contribution is 5.86. The Kier molecular flexibility index (Phi) is 6.08. The van der Waals surface area contributed by atoms with Crippen LogP contribution in [0.15, 0.2) is 0 Å². The molecule has 0 spiro atoms. The summed E-state index contributed by atoms with van der Waals surface area (Å²) in [6, 6.07) is -0.597. The number of rotatable bonds is 5. The average molecular weight is 216 g/mol. The first kappa shape index (κ1) is 13.4. The van der Waals surface area contributed by atoms with Crippen LogP contribution in [0.4, 0.5) is 0 Å². The summed E-state index contributed by atoms with van der Waals surface area (Å²) in [5.41, 5.74) is 0. The monoisotopic (exact) mass is 216 g/mol. The van der Waals surface area contributed by atoms with E-state index in [0.29, 0.717) is 0 Å². The average Bonchev–Trinajstić information content (AvgIpc) is 2.16. The molecule has 0 aromatic carbocycles. The molecule has 2 amide bonds. The Bertz CT molecular complexity index is 252. The smallest absolute Gasteiger partial charge is 0.307 e. The minimum Gasteiger partial charge on any atom is -0.469 e. The second-order valence-electron chi connectivity index (χ2n) is 3.04. The molecule has 0 fully saturated rings. The zero-order valence-corrected chi connectivity index (χ0v) is 9.12. The molecule has 0 aromatic heterocycles. The van der Waals surface area contributed by atoms with Crippen LogP contribution in [0.3, 0.4) is 0 Å². The molecule has 1 atom stereocenters. The van der Waals surface area contributed by atoms with Crippen LogP contribution in [0, 0.1) is 0 Å². The summed E-state index contributed by atoms with van der Waals surface area (Å²) < 4.78 is 4.40. The van der Waals surface area contributed by atoms with Crippen molar-refractivity contribution >= 4 is 17.8 Å². The Labute approximate surface area is 88.4 Å². The van der Waals surface area contributed by atoms with Crippen LogP contribution in [-0.2, 0) is 19.1 Å². The van der Waals surface area contributed by atoms with Gasteiger partial charge in [-0.25, -0.2) is 0 Å². The lowest BCUT2D eigenvalue weighted by molar-refractivity contribution is -0.140. The molecule has 86 valence electrons. The van der Waals surface area contributed by atoms with Crippen molar-refractivity contribution < 1.29 is 19.1 Å². The lowest BCUT2D eigenvalue weighted by atomic mass is 10.3. The number of hydrogen-bond acceptors (Lipinski definition) is 4. The third-order valence-corrected chi connectivity index (χ3v) is 1.67. The lowest BCUT2D eigenvalue weighted by Crippen LogP contribution is -2.44. The number of carbonyl (C=O) groups excluding carboxylic acids is 3. The Morgan fingerprint density at radius 2 is 1.93 bits per heavy atom. The fourth-order valence-corrected chi connectivity index (χ4v) is 0.913. The van der Waals surface area contributed by atoms with Crippen LogP contribution >= 0.6 is 0 Å². The number of carbonyl (C=O) groups is 3. The predicted octanol–water partition coefficient (Wildman–Crippen LogP) is -0.810.